The number of halogens is 1. The number of amides is 1. The molecule has 1 amide bonds. The Bertz CT molecular complexity index is 903. The van der Waals surface area contributed by atoms with Gasteiger partial charge in [-0.3, -0.25) is 9.10 Å². The summed E-state index contributed by atoms with van der Waals surface area (Å²) in [7, 11) is -2.20. The van der Waals surface area contributed by atoms with E-state index in [0.29, 0.717) is 11.5 Å². The molecular weight excluding hydrogens is 387 g/mol. The third-order valence-corrected chi connectivity index (χ3v) is 5.12. The zero-order valence-electron chi connectivity index (χ0n) is 15.9. The lowest BCUT2D eigenvalue weighted by atomic mass is 10.2. The Kier molecular flexibility index (Phi) is 7.22. The van der Waals surface area contributed by atoms with Crippen LogP contribution in [0.15, 0.2) is 48.5 Å². The Morgan fingerprint density at radius 2 is 1.82 bits per heavy atom. The topological polar surface area (TPSA) is 84.9 Å². The summed E-state index contributed by atoms with van der Waals surface area (Å²) in [6.07, 6.45) is 0.992. The van der Waals surface area contributed by atoms with Gasteiger partial charge in [0.05, 0.1) is 25.6 Å². The fraction of sp³-hybridized carbons (Fsp3) is 0.316. The third kappa shape index (κ3) is 5.85. The summed E-state index contributed by atoms with van der Waals surface area (Å²) in [5.74, 6) is 0.247. The number of sulfonamides is 1. The Morgan fingerprint density at radius 3 is 2.43 bits per heavy atom. The average Bonchev–Trinajstić information content (AvgIpc) is 2.65. The summed E-state index contributed by atoms with van der Waals surface area (Å²) < 4.78 is 49.0. The molecule has 7 nitrogen and oxygen atoms in total. The Morgan fingerprint density at radius 1 is 1.18 bits per heavy atom. The maximum atomic E-state index is 13.1. The van der Waals surface area contributed by atoms with Gasteiger partial charge in [0.25, 0.3) is 0 Å². The molecular formula is C19H23FN2O5S. The van der Waals surface area contributed by atoms with Crippen LogP contribution in [0.2, 0.25) is 0 Å². The molecule has 0 heterocycles. The molecule has 0 radical (unpaired) electrons. The zero-order valence-corrected chi connectivity index (χ0v) is 16.7. The first-order chi connectivity index (χ1) is 13.2. The summed E-state index contributed by atoms with van der Waals surface area (Å²) in [5, 5.41) is 2.64. The largest absolute Gasteiger partial charge is 0.497 e. The molecule has 1 atom stereocenters. The van der Waals surface area contributed by atoms with Crippen LogP contribution in [0.5, 0.6) is 11.5 Å². The fourth-order valence-corrected chi connectivity index (χ4v) is 3.75. The summed E-state index contributed by atoms with van der Waals surface area (Å²) in [6.45, 7) is 1.84. The van der Waals surface area contributed by atoms with E-state index in [1.807, 2.05) is 0 Å². The van der Waals surface area contributed by atoms with Crippen molar-refractivity contribution in [1.29, 1.82) is 0 Å². The molecule has 0 aromatic heterocycles. The Labute approximate surface area is 164 Å². The molecule has 2 aromatic carbocycles. The molecule has 0 unspecified atom stereocenters. The van der Waals surface area contributed by atoms with E-state index in [1.165, 1.54) is 19.1 Å². The van der Waals surface area contributed by atoms with Crippen molar-refractivity contribution in [3.63, 3.8) is 0 Å². The molecule has 152 valence electrons. The fourth-order valence-electron chi connectivity index (χ4n) is 2.58. The number of nitrogens with zero attached hydrogens (tertiary/aromatic N) is 1. The molecule has 0 fully saturated rings. The van der Waals surface area contributed by atoms with Crippen molar-refractivity contribution in [3.05, 3.63) is 54.3 Å². The van der Waals surface area contributed by atoms with Gasteiger partial charge in [-0.15, -0.1) is 0 Å². The van der Waals surface area contributed by atoms with E-state index in [4.69, 9.17) is 9.47 Å². The van der Waals surface area contributed by atoms with E-state index in [-0.39, 0.29) is 18.8 Å². The lowest BCUT2D eigenvalue weighted by molar-refractivity contribution is -0.121. The minimum Gasteiger partial charge on any atom is -0.497 e. The van der Waals surface area contributed by atoms with Crippen LogP contribution < -0.4 is 19.1 Å². The van der Waals surface area contributed by atoms with Crippen LogP contribution in [-0.4, -0.2) is 46.9 Å². The maximum absolute atomic E-state index is 13.1. The normalized spacial score (nSPS) is 12.1. The van der Waals surface area contributed by atoms with Gasteiger partial charge < -0.3 is 14.8 Å². The van der Waals surface area contributed by atoms with Crippen molar-refractivity contribution in [2.45, 2.75) is 13.0 Å². The number of methoxy groups -OCH3 is 1. The van der Waals surface area contributed by atoms with Crippen molar-refractivity contribution in [2.75, 3.05) is 30.8 Å². The summed E-state index contributed by atoms with van der Waals surface area (Å²) >= 11 is 0. The first-order valence-corrected chi connectivity index (χ1v) is 10.4. The maximum Gasteiger partial charge on any atom is 0.243 e. The van der Waals surface area contributed by atoms with E-state index in [9.17, 15) is 17.6 Å². The van der Waals surface area contributed by atoms with Crippen LogP contribution in [0.3, 0.4) is 0 Å². The van der Waals surface area contributed by atoms with Crippen LogP contribution in [0.4, 0.5) is 10.1 Å². The lowest BCUT2D eigenvalue weighted by Gasteiger charge is -2.28. The van der Waals surface area contributed by atoms with E-state index in [1.54, 1.807) is 31.4 Å². The third-order valence-electron chi connectivity index (χ3n) is 3.88. The molecule has 0 bridgehead atoms. The molecule has 0 aliphatic heterocycles. The van der Waals surface area contributed by atoms with Crippen LogP contribution >= 0.6 is 0 Å². The number of ether oxygens (including phenoxy) is 2. The van der Waals surface area contributed by atoms with Gasteiger partial charge in [0, 0.05) is 6.07 Å². The van der Waals surface area contributed by atoms with Crippen molar-refractivity contribution in [1.82, 2.24) is 5.32 Å². The molecule has 0 spiro atoms. The van der Waals surface area contributed by atoms with Crippen molar-refractivity contribution >= 4 is 21.6 Å². The molecule has 0 saturated heterocycles. The molecule has 28 heavy (non-hydrogen) atoms. The highest BCUT2D eigenvalue weighted by Crippen LogP contribution is 2.21. The second-order valence-corrected chi connectivity index (χ2v) is 7.89. The summed E-state index contributed by atoms with van der Waals surface area (Å²) in [6, 6.07) is 10.9. The minimum absolute atomic E-state index is 0.182. The van der Waals surface area contributed by atoms with Gasteiger partial charge >= 0.3 is 0 Å². The van der Waals surface area contributed by atoms with Crippen LogP contribution in [0, 0.1) is 5.82 Å². The highest BCUT2D eigenvalue weighted by Gasteiger charge is 2.28. The number of carbonyl (C=O) groups excluding carboxylic acids is 1. The van der Waals surface area contributed by atoms with E-state index < -0.39 is 27.8 Å². The Hall–Kier alpha value is -2.81. The van der Waals surface area contributed by atoms with Gasteiger partial charge in [-0.05, 0) is 43.3 Å². The van der Waals surface area contributed by atoms with E-state index in [2.05, 4.69) is 5.32 Å². The molecule has 2 aromatic rings. The van der Waals surface area contributed by atoms with E-state index in [0.717, 1.165) is 22.7 Å². The van der Waals surface area contributed by atoms with Crippen LogP contribution in [-0.2, 0) is 14.8 Å². The standard InChI is InChI=1S/C19H23FN2O5S/c1-14(22(28(3,24)25)16-9-7-15(20)8-10-16)19(23)21-11-12-27-18-6-4-5-17(13-18)26-2/h4-10,13-14H,11-12H2,1-3H3,(H,21,23)/t14-/m1/s1. The zero-order chi connectivity index (χ0) is 20.7. The number of rotatable bonds is 9. The monoisotopic (exact) mass is 410 g/mol. The van der Waals surface area contributed by atoms with Crippen LogP contribution in [0.25, 0.3) is 0 Å². The highest BCUT2D eigenvalue weighted by atomic mass is 32.2. The SMILES string of the molecule is COc1cccc(OCCNC(=O)[C@@H](C)N(c2ccc(F)cc2)S(C)(=O)=O)c1. The van der Waals surface area contributed by atoms with Gasteiger partial charge in [0.1, 0.15) is 30.0 Å². The number of hydrogen-bond acceptors (Lipinski definition) is 5. The molecule has 2 rings (SSSR count). The molecule has 0 saturated carbocycles. The van der Waals surface area contributed by atoms with Crippen LogP contribution in [0.1, 0.15) is 6.92 Å². The first kappa shape index (κ1) is 21.5. The number of hydrogen-bond donors (Lipinski definition) is 1. The smallest absolute Gasteiger partial charge is 0.243 e. The molecule has 0 aliphatic rings. The Balaban J connectivity index is 1.96. The second kappa shape index (κ2) is 9.41. The number of nitrogens with one attached hydrogen (secondary N) is 1. The number of carbonyl (C=O) groups is 1. The van der Waals surface area contributed by atoms with Gasteiger partial charge in [0.2, 0.25) is 15.9 Å². The second-order valence-electron chi connectivity index (χ2n) is 6.03. The highest BCUT2D eigenvalue weighted by molar-refractivity contribution is 7.92. The van der Waals surface area contributed by atoms with Gasteiger partial charge in [-0.1, -0.05) is 6.07 Å². The molecule has 9 heteroatoms. The summed E-state index contributed by atoms with van der Waals surface area (Å²) in [4.78, 5) is 12.4. The minimum atomic E-state index is -3.75. The quantitative estimate of drug-likeness (QED) is 0.641. The van der Waals surface area contributed by atoms with Crippen molar-refractivity contribution in [2.24, 2.45) is 0 Å². The average molecular weight is 410 g/mol. The van der Waals surface area contributed by atoms with Gasteiger partial charge in [0.15, 0.2) is 0 Å². The molecule has 0 aliphatic carbocycles. The van der Waals surface area contributed by atoms with Gasteiger partial charge in [-0.25, -0.2) is 12.8 Å². The molecule has 1 N–H and O–H groups in total. The summed E-state index contributed by atoms with van der Waals surface area (Å²) in [5.41, 5.74) is 0.208. The van der Waals surface area contributed by atoms with Crippen molar-refractivity contribution < 1.29 is 27.1 Å². The lowest BCUT2D eigenvalue weighted by Crippen LogP contribution is -2.48. The van der Waals surface area contributed by atoms with Crippen molar-refractivity contribution in [3.8, 4) is 11.5 Å². The predicted molar refractivity (Wildman–Crippen MR) is 105 cm³/mol. The number of anilines is 1. The first-order valence-electron chi connectivity index (χ1n) is 8.52. The van der Waals surface area contributed by atoms with E-state index >= 15 is 0 Å². The predicted octanol–water partition coefficient (Wildman–Crippen LogP) is 2.18. The number of benzene rings is 2. The van der Waals surface area contributed by atoms with Gasteiger partial charge in [-0.2, -0.15) is 0 Å².